The van der Waals surface area contributed by atoms with Gasteiger partial charge in [0.25, 0.3) is 0 Å². The highest BCUT2D eigenvalue weighted by Gasteiger charge is 2.31. The van der Waals surface area contributed by atoms with Crippen LogP contribution >= 0.6 is 0 Å². The first kappa shape index (κ1) is 16.2. The van der Waals surface area contributed by atoms with E-state index in [1.165, 1.54) is 0 Å². The average Bonchev–Trinajstić information content (AvgIpc) is 2.45. The van der Waals surface area contributed by atoms with E-state index in [-0.39, 0.29) is 12.1 Å². The molecule has 19 heavy (non-hydrogen) atoms. The van der Waals surface area contributed by atoms with Crippen molar-refractivity contribution in [1.82, 2.24) is 10.2 Å². The summed E-state index contributed by atoms with van der Waals surface area (Å²) in [6.45, 7) is 7.22. The number of nitrogens with one attached hydrogen (secondary N) is 1. The van der Waals surface area contributed by atoms with E-state index in [0.29, 0.717) is 0 Å². The second-order valence-electron chi connectivity index (χ2n) is 5.27. The summed E-state index contributed by atoms with van der Waals surface area (Å²) in [6.07, 6.45) is 2.19. The molecule has 2 N–H and O–H groups in total. The van der Waals surface area contributed by atoms with E-state index in [9.17, 15) is 5.11 Å². The minimum absolute atomic E-state index is 0.116. The standard InChI is InChI=1S/C16H28N2O/c1-4-11-17-16(14-19,13-18(3)12-5-2)15-9-7-6-8-10-15/h6-10,17,19H,4-5,11-14H2,1-3H3. The Labute approximate surface area is 117 Å². The lowest BCUT2D eigenvalue weighted by Gasteiger charge is -2.37. The molecule has 1 unspecified atom stereocenters. The van der Waals surface area contributed by atoms with Gasteiger partial charge in [-0.05, 0) is 38.5 Å². The molecular formula is C16H28N2O. The van der Waals surface area contributed by atoms with Crippen LogP contribution in [0.5, 0.6) is 0 Å². The predicted molar refractivity (Wildman–Crippen MR) is 81.3 cm³/mol. The van der Waals surface area contributed by atoms with Crippen LogP contribution in [0.15, 0.2) is 30.3 Å². The molecule has 3 nitrogen and oxygen atoms in total. The fourth-order valence-electron chi connectivity index (χ4n) is 2.49. The van der Waals surface area contributed by atoms with Crippen LogP contribution in [-0.4, -0.2) is 43.3 Å². The summed E-state index contributed by atoms with van der Waals surface area (Å²) in [6, 6.07) is 10.3. The summed E-state index contributed by atoms with van der Waals surface area (Å²) in [4.78, 5) is 2.28. The van der Waals surface area contributed by atoms with E-state index in [4.69, 9.17) is 0 Å². The minimum Gasteiger partial charge on any atom is -0.394 e. The van der Waals surface area contributed by atoms with E-state index in [1.807, 2.05) is 18.2 Å². The first-order valence-electron chi connectivity index (χ1n) is 7.28. The lowest BCUT2D eigenvalue weighted by Crippen LogP contribution is -2.53. The summed E-state index contributed by atoms with van der Waals surface area (Å²) in [5.41, 5.74) is 0.801. The van der Waals surface area contributed by atoms with E-state index in [2.05, 4.69) is 43.2 Å². The smallest absolute Gasteiger partial charge is 0.0797 e. The van der Waals surface area contributed by atoms with Crippen molar-refractivity contribution in [3.05, 3.63) is 35.9 Å². The second-order valence-corrected chi connectivity index (χ2v) is 5.27. The fourth-order valence-corrected chi connectivity index (χ4v) is 2.49. The van der Waals surface area contributed by atoms with Crippen molar-refractivity contribution in [2.75, 3.05) is 33.3 Å². The summed E-state index contributed by atoms with van der Waals surface area (Å²) >= 11 is 0. The van der Waals surface area contributed by atoms with E-state index in [1.54, 1.807) is 0 Å². The third-order valence-electron chi connectivity index (χ3n) is 3.45. The van der Waals surface area contributed by atoms with E-state index >= 15 is 0 Å². The van der Waals surface area contributed by atoms with Crippen molar-refractivity contribution in [3.8, 4) is 0 Å². The molecule has 0 heterocycles. The van der Waals surface area contributed by atoms with Gasteiger partial charge in [-0.2, -0.15) is 0 Å². The van der Waals surface area contributed by atoms with Crippen LogP contribution in [0.4, 0.5) is 0 Å². The van der Waals surface area contributed by atoms with Crippen LogP contribution in [-0.2, 0) is 5.54 Å². The zero-order valence-electron chi connectivity index (χ0n) is 12.5. The van der Waals surface area contributed by atoms with E-state index in [0.717, 1.165) is 38.0 Å². The Bertz CT molecular complexity index is 342. The molecule has 1 rings (SSSR count). The minimum atomic E-state index is -0.360. The number of nitrogens with zero attached hydrogens (tertiary/aromatic N) is 1. The highest BCUT2D eigenvalue weighted by molar-refractivity contribution is 5.25. The van der Waals surface area contributed by atoms with Crippen LogP contribution in [0.1, 0.15) is 32.3 Å². The van der Waals surface area contributed by atoms with Crippen LogP contribution in [0, 0.1) is 0 Å². The topological polar surface area (TPSA) is 35.5 Å². The number of hydrogen-bond donors (Lipinski definition) is 2. The summed E-state index contributed by atoms with van der Waals surface area (Å²) in [5, 5.41) is 13.5. The predicted octanol–water partition coefficient (Wildman–Crippen LogP) is 2.22. The lowest BCUT2D eigenvalue weighted by atomic mass is 9.89. The van der Waals surface area contributed by atoms with Gasteiger partial charge in [-0.1, -0.05) is 44.2 Å². The largest absolute Gasteiger partial charge is 0.394 e. The number of aliphatic hydroxyl groups excluding tert-OH is 1. The fraction of sp³-hybridized carbons (Fsp3) is 0.625. The van der Waals surface area contributed by atoms with Crippen LogP contribution in [0.25, 0.3) is 0 Å². The highest BCUT2D eigenvalue weighted by Crippen LogP contribution is 2.22. The first-order chi connectivity index (χ1) is 9.18. The molecule has 0 aliphatic carbocycles. The molecule has 1 aromatic rings. The van der Waals surface area contributed by atoms with Crippen molar-refractivity contribution < 1.29 is 5.11 Å². The maximum Gasteiger partial charge on any atom is 0.0797 e. The number of aliphatic hydroxyl groups is 1. The molecular weight excluding hydrogens is 236 g/mol. The summed E-state index contributed by atoms with van der Waals surface area (Å²) < 4.78 is 0. The van der Waals surface area contributed by atoms with Gasteiger partial charge < -0.3 is 15.3 Å². The molecule has 0 spiro atoms. The molecule has 1 aromatic carbocycles. The quantitative estimate of drug-likeness (QED) is 0.718. The normalized spacial score (nSPS) is 14.6. The van der Waals surface area contributed by atoms with Crippen molar-refractivity contribution in [3.63, 3.8) is 0 Å². The highest BCUT2D eigenvalue weighted by atomic mass is 16.3. The molecule has 0 aliphatic rings. The number of rotatable bonds is 9. The van der Waals surface area contributed by atoms with Gasteiger partial charge in [0.1, 0.15) is 0 Å². The molecule has 0 aromatic heterocycles. The zero-order valence-corrected chi connectivity index (χ0v) is 12.5. The number of hydrogen-bond acceptors (Lipinski definition) is 3. The monoisotopic (exact) mass is 264 g/mol. The van der Waals surface area contributed by atoms with Gasteiger partial charge in [0, 0.05) is 6.54 Å². The van der Waals surface area contributed by atoms with Crippen molar-refractivity contribution >= 4 is 0 Å². The Morgan fingerprint density at radius 3 is 2.37 bits per heavy atom. The third kappa shape index (κ3) is 4.60. The molecule has 0 saturated carbocycles. The van der Waals surface area contributed by atoms with Crippen LogP contribution in [0.2, 0.25) is 0 Å². The SMILES string of the molecule is CCCNC(CO)(CN(C)CCC)c1ccccc1. The van der Waals surface area contributed by atoms with Crippen LogP contribution < -0.4 is 5.32 Å². The Morgan fingerprint density at radius 2 is 1.84 bits per heavy atom. The Morgan fingerprint density at radius 1 is 1.16 bits per heavy atom. The van der Waals surface area contributed by atoms with Gasteiger partial charge in [0.05, 0.1) is 12.1 Å². The molecule has 0 amide bonds. The summed E-state index contributed by atoms with van der Waals surface area (Å²) in [5.74, 6) is 0. The Balaban J connectivity index is 2.93. The Hall–Kier alpha value is -0.900. The molecule has 0 saturated heterocycles. The van der Waals surface area contributed by atoms with Crippen molar-refractivity contribution in [2.45, 2.75) is 32.2 Å². The van der Waals surface area contributed by atoms with Crippen LogP contribution in [0.3, 0.4) is 0 Å². The third-order valence-corrected chi connectivity index (χ3v) is 3.45. The molecule has 0 radical (unpaired) electrons. The molecule has 108 valence electrons. The number of likely N-dealkylation sites (N-methyl/N-ethyl adjacent to an activating group) is 1. The van der Waals surface area contributed by atoms with Gasteiger partial charge in [-0.3, -0.25) is 0 Å². The van der Waals surface area contributed by atoms with Gasteiger partial charge in [-0.15, -0.1) is 0 Å². The average molecular weight is 264 g/mol. The lowest BCUT2D eigenvalue weighted by molar-refractivity contribution is 0.118. The first-order valence-corrected chi connectivity index (χ1v) is 7.28. The van der Waals surface area contributed by atoms with Crippen molar-refractivity contribution in [2.24, 2.45) is 0 Å². The summed E-state index contributed by atoms with van der Waals surface area (Å²) in [7, 11) is 2.12. The molecule has 0 aliphatic heterocycles. The molecule has 0 fully saturated rings. The maximum atomic E-state index is 9.98. The maximum absolute atomic E-state index is 9.98. The molecule has 3 heteroatoms. The van der Waals surface area contributed by atoms with Gasteiger partial charge in [0.15, 0.2) is 0 Å². The molecule has 1 atom stereocenters. The van der Waals surface area contributed by atoms with Gasteiger partial charge in [0.2, 0.25) is 0 Å². The van der Waals surface area contributed by atoms with Gasteiger partial charge >= 0.3 is 0 Å². The van der Waals surface area contributed by atoms with Gasteiger partial charge in [-0.25, -0.2) is 0 Å². The molecule has 0 bridgehead atoms. The number of benzene rings is 1. The Kier molecular flexibility index (Phi) is 7.06. The second kappa shape index (κ2) is 8.31. The van der Waals surface area contributed by atoms with Crippen molar-refractivity contribution in [1.29, 1.82) is 0 Å². The van der Waals surface area contributed by atoms with E-state index < -0.39 is 0 Å². The zero-order chi connectivity index (χ0) is 14.1.